The van der Waals surface area contributed by atoms with E-state index in [1.165, 1.54) is 6.20 Å². The normalized spacial score (nSPS) is 13.8. The van der Waals surface area contributed by atoms with Gasteiger partial charge >= 0.3 is 6.18 Å². The van der Waals surface area contributed by atoms with E-state index in [0.29, 0.717) is 22.8 Å². The molecule has 0 atom stereocenters. The van der Waals surface area contributed by atoms with Crippen LogP contribution in [-0.2, 0) is 6.18 Å². The molecule has 1 aromatic carbocycles. The molecule has 2 aromatic heterocycles. The Labute approximate surface area is 121 Å². The van der Waals surface area contributed by atoms with Gasteiger partial charge in [-0.2, -0.15) is 22.7 Å². The summed E-state index contributed by atoms with van der Waals surface area (Å²) < 4.78 is 49.7. The van der Waals surface area contributed by atoms with Gasteiger partial charge in [0.15, 0.2) is 11.5 Å². The molecule has 0 saturated heterocycles. The first kappa shape index (κ1) is 12.9. The van der Waals surface area contributed by atoms with E-state index >= 15 is 0 Å². The van der Waals surface area contributed by atoms with Crippen LogP contribution in [0.2, 0.25) is 0 Å². The molecule has 9 heteroatoms. The van der Waals surface area contributed by atoms with Crippen LogP contribution in [0.1, 0.15) is 5.82 Å². The van der Waals surface area contributed by atoms with Crippen LogP contribution in [0.4, 0.5) is 13.2 Å². The predicted octanol–water partition coefficient (Wildman–Crippen LogP) is 2.54. The first-order valence-electron chi connectivity index (χ1n) is 6.21. The highest BCUT2D eigenvalue weighted by Gasteiger charge is 2.36. The molecular weight excluding hydrogens is 301 g/mol. The minimum atomic E-state index is -4.63. The van der Waals surface area contributed by atoms with E-state index in [4.69, 9.17) is 9.47 Å². The van der Waals surface area contributed by atoms with Gasteiger partial charge in [0, 0.05) is 11.8 Å². The monoisotopic (exact) mass is 308 g/mol. The number of alkyl halides is 3. The average molecular weight is 308 g/mol. The fourth-order valence-corrected chi connectivity index (χ4v) is 2.19. The summed E-state index contributed by atoms with van der Waals surface area (Å²) in [6.07, 6.45) is -3.25. The Hall–Kier alpha value is -2.84. The lowest BCUT2D eigenvalue weighted by atomic mass is 10.1. The molecule has 0 N–H and O–H groups in total. The Balaban J connectivity index is 1.90. The molecule has 1 aliphatic rings. The summed E-state index contributed by atoms with van der Waals surface area (Å²) in [4.78, 5) is 7.21. The Bertz CT molecular complexity index is 875. The molecule has 0 bridgehead atoms. The molecule has 112 valence electrons. The molecule has 0 unspecified atom stereocenters. The number of fused-ring (bicyclic) bond motifs is 2. The first-order valence-corrected chi connectivity index (χ1v) is 6.21. The number of ether oxygens (including phenoxy) is 2. The van der Waals surface area contributed by atoms with Crippen LogP contribution in [0.5, 0.6) is 11.5 Å². The molecule has 3 aromatic rings. The van der Waals surface area contributed by atoms with Crippen molar-refractivity contribution in [3.8, 4) is 22.8 Å². The van der Waals surface area contributed by atoms with Crippen LogP contribution in [-0.4, -0.2) is 26.4 Å². The van der Waals surface area contributed by atoms with Gasteiger partial charge in [0.1, 0.15) is 0 Å². The molecule has 4 rings (SSSR count). The van der Waals surface area contributed by atoms with Crippen molar-refractivity contribution in [3.63, 3.8) is 0 Å². The van der Waals surface area contributed by atoms with E-state index < -0.39 is 12.0 Å². The third kappa shape index (κ3) is 1.93. The van der Waals surface area contributed by atoms with Crippen molar-refractivity contribution >= 4 is 5.78 Å². The Morgan fingerprint density at radius 2 is 1.91 bits per heavy atom. The lowest BCUT2D eigenvalue weighted by Gasteiger charge is -2.05. The molecule has 0 spiro atoms. The van der Waals surface area contributed by atoms with Crippen LogP contribution in [0.25, 0.3) is 17.0 Å². The van der Waals surface area contributed by atoms with Crippen molar-refractivity contribution in [2.45, 2.75) is 6.18 Å². The van der Waals surface area contributed by atoms with Crippen molar-refractivity contribution in [1.82, 2.24) is 19.6 Å². The quantitative estimate of drug-likeness (QED) is 0.691. The number of aromatic nitrogens is 4. The standard InChI is InChI=1S/C13H7F3N4O2/c14-13(15,16)11-18-12-17-4-3-8(20(12)19-11)7-1-2-9-10(5-7)22-6-21-9/h1-5H,6H2. The van der Waals surface area contributed by atoms with Crippen LogP contribution in [0.3, 0.4) is 0 Å². The maximum atomic E-state index is 12.7. The van der Waals surface area contributed by atoms with Crippen LogP contribution in [0, 0.1) is 0 Å². The number of hydrogen-bond acceptors (Lipinski definition) is 5. The third-order valence-corrected chi connectivity index (χ3v) is 3.16. The second-order valence-corrected chi connectivity index (χ2v) is 4.54. The van der Waals surface area contributed by atoms with Gasteiger partial charge < -0.3 is 9.47 Å². The van der Waals surface area contributed by atoms with Gasteiger partial charge in [-0.1, -0.05) is 0 Å². The minimum absolute atomic E-state index is 0.117. The lowest BCUT2D eigenvalue weighted by Crippen LogP contribution is -2.07. The molecule has 6 nitrogen and oxygen atoms in total. The van der Waals surface area contributed by atoms with Crippen LogP contribution in [0.15, 0.2) is 30.5 Å². The van der Waals surface area contributed by atoms with Crippen molar-refractivity contribution in [1.29, 1.82) is 0 Å². The van der Waals surface area contributed by atoms with Crippen molar-refractivity contribution < 1.29 is 22.6 Å². The molecule has 0 fully saturated rings. The number of rotatable bonds is 1. The maximum Gasteiger partial charge on any atom is 0.453 e. The number of hydrogen-bond donors (Lipinski definition) is 0. The van der Waals surface area contributed by atoms with E-state index in [-0.39, 0.29) is 12.6 Å². The van der Waals surface area contributed by atoms with Gasteiger partial charge in [-0.05, 0) is 24.3 Å². The Morgan fingerprint density at radius 1 is 1.09 bits per heavy atom. The summed E-state index contributed by atoms with van der Waals surface area (Å²) in [6.45, 7) is 0.117. The number of halogens is 3. The SMILES string of the molecule is FC(F)(F)c1nc2nccc(-c3ccc4c(c3)OCO4)n2n1. The van der Waals surface area contributed by atoms with Gasteiger partial charge in [-0.15, -0.1) is 5.10 Å². The van der Waals surface area contributed by atoms with E-state index in [9.17, 15) is 13.2 Å². The third-order valence-electron chi connectivity index (χ3n) is 3.16. The highest BCUT2D eigenvalue weighted by molar-refractivity contribution is 5.65. The molecule has 0 saturated carbocycles. The Kier molecular flexibility index (Phi) is 2.53. The van der Waals surface area contributed by atoms with E-state index in [1.807, 2.05) is 0 Å². The molecule has 0 amide bonds. The smallest absolute Gasteiger partial charge is 0.453 e. The highest BCUT2D eigenvalue weighted by atomic mass is 19.4. The highest BCUT2D eigenvalue weighted by Crippen LogP contribution is 2.36. The van der Waals surface area contributed by atoms with Crippen LogP contribution < -0.4 is 9.47 Å². The largest absolute Gasteiger partial charge is 0.454 e. The van der Waals surface area contributed by atoms with Crippen molar-refractivity contribution in [3.05, 3.63) is 36.3 Å². The van der Waals surface area contributed by atoms with E-state index in [2.05, 4.69) is 15.1 Å². The zero-order chi connectivity index (χ0) is 15.3. The second kappa shape index (κ2) is 4.33. The topological polar surface area (TPSA) is 61.5 Å². The molecule has 0 aliphatic carbocycles. The van der Waals surface area contributed by atoms with Gasteiger partial charge in [-0.25, -0.2) is 4.98 Å². The van der Waals surface area contributed by atoms with Gasteiger partial charge in [0.25, 0.3) is 11.6 Å². The first-order chi connectivity index (χ1) is 10.5. The summed E-state index contributed by atoms with van der Waals surface area (Å²) in [5.74, 6) is -0.238. The molecule has 1 aliphatic heterocycles. The van der Waals surface area contributed by atoms with Crippen molar-refractivity contribution in [2.24, 2.45) is 0 Å². The summed E-state index contributed by atoms with van der Waals surface area (Å²) in [5, 5.41) is 3.50. The number of benzene rings is 1. The van der Waals surface area contributed by atoms with Gasteiger partial charge in [0.2, 0.25) is 6.79 Å². The predicted molar refractivity (Wildman–Crippen MR) is 67.3 cm³/mol. The molecular formula is C13H7F3N4O2. The van der Waals surface area contributed by atoms with E-state index in [0.717, 1.165) is 4.52 Å². The maximum absolute atomic E-state index is 12.7. The summed E-state index contributed by atoms with van der Waals surface area (Å²) in [7, 11) is 0. The summed E-state index contributed by atoms with van der Waals surface area (Å²) >= 11 is 0. The second-order valence-electron chi connectivity index (χ2n) is 4.54. The lowest BCUT2D eigenvalue weighted by molar-refractivity contribution is -0.144. The molecule has 3 heterocycles. The van der Waals surface area contributed by atoms with Gasteiger partial charge in [0.05, 0.1) is 5.69 Å². The fourth-order valence-electron chi connectivity index (χ4n) is 2.19. The summed E-state index contributed by atoms with van der Waals surface area (Å²) in [5.41, 5.74) is 1.04. The Morgan fingerprint density at radius 3 is 2.73 bits per heavy atom. The summed E-state index contributed by atoms with van der Waals surface area (Å²) in [6, 6.07) is 6.62. The van der Waals surface area contributed by atoms with E-state index in [1.54, 1.807) is 24.3 Å². The number of nitrogens with zero attached hydrogens (tertiary/aromatic N) is 4. The zero-order valence-corrected chi connectivity index (χ0v) is 10.8. The molecule has 0 radical (unpaired) electrons. The fraction of sp³-hybridized carbons (Fsp3) is 0.154. The molecule has 22 heavy (non-hydrogen) atoms. The van der Waals surface area contributed by atoms with Crippen molar-refractivity contribution in [2.75, 3.05) is 6.79 Å². The van der Waals surface area contributed by atoms with Crippen LogP contribution >= 0.6 is 0 Å². The minimum Gasteiger partial charge on any atom is -0.454 e. The average Bonchev–Trinajstić information content (AvgIpc) is 3.11. The zero-order valence-electron chi connectivity index (χ0n) is 10.8. The van der Waals surface area contributed by atoms with Gasteiger partial charge in [-0.3, -0.25) is 0 Å².